The van der Waals surface area contributed by atoms with Gasteiger partial charge in [0.25, 0.3) is 0 Å². The number of nitriles is 1. The van der Waals surface area contributed by atoms with Crippen LogP contribution in [0.1, 0.15) is 78.1 Å². The van der Waals surface area contributed by atoms with Crippen molar-refractivity contribution in [3.8, 4) is 6.07 Å². The molecule has 1 atom stereocenters. The van der Waals surface area contributed by atoms with Gasteiger partial charge in [0.1, 0.15) is 0 Å². The van der Waals surface area contributed by atoms with E-state index in [2.05, 4.69) is 19.9 Å². The van der Waals surface area contributed by atoms with Crippen molar-refractivity contribution in [2.45, 2.75) is 78.1 Å². The van der Waals surface area contributed by atoms with E-state index in [-0.39, 0.29) is 0 Å². The number of hydrogen-bond donors (Lipinski definition) is 0. The van der Waals surface area contributed by atoms with Crippen LogP contribution >= 0.6 is 0 Å². The summed E-state index contributed by atoms with van der Waals surface area (Å²) in [5, 5.41) is 8.98. The third kappa shape index (κ3) is 9.79. The van der Waals surface area contributed by atoms with Gasteiger partial charge in [0.2, 0.25) is 0 Å². The van der Waals surface area contributed by atoms with Gasteiger partial charge in [-0.25, -0.2) is 0 Å². The van der Waals surface area contributed by atoms with Crippen LogP contribution in [0.15, 0.2) is 0 Å². The average molecular weight is 209 g/mol. The zero-order valence-electron chi connectivity index (χ0n) is 10.6. The second kappa shape index (κ2) is 11.6. The molecule has 88 valence electrons. The molecule has 0 saturated heterocycles. The van der Waals surface area contributed by atoms with Gasteiger partial charge < -0.3 is 0 Å². The first-order valence-corrected chi connectivity index (χ1v) is 6.74. The molecule has 0 heterocycles. The number of unbranched alkanes of at least 4 members (excludes halogenated alkanes) is 6. The topological polar surface area (TPSA) is 23.8 Å². The van der Waals surface area contributed by atoms with Crippen molar-refractivity contribution in [1.82, 2.24) is 0 Å². The molecule has 0 aliphatic carbocycles. The monoisotopic (exact) mass is 209 g/mol. The molecule has 0 aliphatic rings. The van der Waals surface area contributed by atoms with E-state index >= 15 is 0 Å². The average Bonchev–Trinajstić information content (AvgIpc) is 2.26. The Kier molecular flexibility index (Phi) is 11.2. The van der Waals surface area contributed by atoms with Gasteiger partial charge >= 0.3 is 0 Å². The highest BCUT2D eigenvalue weighted by Gasteiger charge is 2.05. The molecule has 0 fully saturated rings. The Morgan fingerprint density at radius 1 is 0.800 bits per heavy atom. The molecule has 0 saturated carbocycles. The van der Waals surface area contributed by atoms with E-state index in [1.165, 1.54) is 51.4 Å². The first-order valence-electron chi connectivity index (χ1n) is 6.74. The third-order valence-electron chi connectivity index (χ3n) is 2.99. The Morgan fingerprint density at radius 2 is 1.27 bits per heavy atom. The molecule has 0 bridgehead atoms. The van der Waals surface area contributed by atoms with Crippen LogP contribution in [0.2, 0.25) is 0 Å². The summed E-state index contributed by atoms with van der Waals surface area (Å²) in [4.78, 5) is 0. The molecule has 0 aromatic heterocycles. The zero-order chi connectivity index (χ0) is 11.4. The summed E-state index contributed by atoms with van der Waals surface area (Å²) in [5.74, 6) is 0.332. The predicted octanol–water partition coefficient (Wildman–Crippen LogP) is 5.07. The maximum absolute atomic E-state index is 8.98. The molecule has 1 heteroatoms. The van der Waals surface area contributed by atoms with Gasteiger partial charge in [-0.05, 0) is 12.8 Å². The fourth-order valence-corrected chi connectivity index (χ4v) is 1.91. The quantitative estimate of drug-likeness (QED) is 0.461. The lowest BCUT2D eigenvalue weighted by Gasteiger charge is -2.07. The molecule has 0 spiro atoms. The zero-order valence-corrected chi connectivity index (χ0v) is 10.6. The van der Waals surface area contributed by atoms with Crippen LogP contribution in [0, 0.1) is 17.2 Å². The van der Waals surface area contributed by atoms with E-state index in [1.807, 2.05) is 0 Å². The minimum Gasteiger partial charge on any atom is -0.198 e. The Hall–Kier alpha value is -0.510. The molecule has 0 rings (SSSR count). The van der Waals surface area contributed by atoms with Crippen molar-refractivity contribution >= 4 is 0 Å². The van der Waals surface area contributed by atoms with Crippen molar-refractivity contribution in [3.05, 3.63) is 0 Å². The highest BCUT2D eigenvalue weighted by molar-refractivity contribution is 4.82. The fourth-order valence-electron chi connectivity index (χ4n) is 1.91. The molecular formula is C14H27N. The summed E-state index contributed by atoms with van der Waals surface area (Å²) in [6.07, 6.45) is 12.6. The summed E-state index contributed by atoms with van der Waals surface area (Å²) in [5.41, 5.74) is 0. The van der Waals surface area contributed by atoms with Gasteiger partial charge in [0.15, 0.2) is 0 Å². The number of hydrogen-bond acceptors (Lipinski definition) is 1. The molecule has 1 unspecified atom stereocenters. The second-order valence-corrected chi connectivity index (χ2v) is 4.52. The van der Waals surface area contributed by atoms with Crippen LogP contribution in [-0.2, 0) is 0 Å². The van der Waals surface area contributed by atoms with Gasteiger partial charge in [-0.3, -0.25) is 0 Å². The van der Waals surface area contributed by atoms with Gasteiger partial charge in [-0.1, -0.05) is 65.2 Å². The number of rotatable bonds is 10. The van der Waals surface area contributed by atoms with E-state index < -0.39 is 0 Å². The molecule has 0 aliphatic heterocycles. The van der Waals surface area contributed by atoms with Gasteiger partial charge in [0, 0.05) is 5.92 Å². The molecule has 15 heavy (non-hydrogen) atoms. The van der Waals surface area contributed by atoms with Crippen molar-refractivity contribution in [1.29, 1.82) is 5.26 Å². The minimum absolute atomic E-state index is 0.332. The molecule has 0 N–H and O–H groups in total. The molecule has 1 nitrogen and oxygen atoms in total. The first-order chi connectivity index (χ1) is 7.35. The van der Waals surface area contributed by atoms with Gasteiger partial charge in [-0.2, -0.15) is 5.26 Å². The Bertz CT molecular complexity index is 157. The Balaban J connectivity index is 3.33. The lowest BCUT2D eigenvalue weighted by molar-refractivity contribution is 0.482. The maximum Gasteiger partial charge on any atom is 0.0655 e. The van der Waals surface area contributed by atoms with E-state index in [4.69, 9.17) is 5.26 Å². The SMILES string of the molecule is CCCCCCCC(C#N)CCCCC. The maximum atomic E-state index is 8.98. The van der Waals surface area contributed by atoms with Crippen LogP contribution < -0.4 is 0 Å². The summed E-state index contributed by atoms with van der Waals surface area (Å²) < 4.78 is 0. The van der Waals surface area contributed by atoms with E-state index in [9.17, 15) is 0 Å². The highest BCUT2D eigenvalue weighted by atomic mass is 14.3. The Labute approximate surface area is 95.9 Å². The van der Waals surface area contributed by atoms with Crippen LogP contribution in [0.3, 0.4) is 0 Å². The second-order valence-electron chi connectivity index (χ2n) is 4.52. The molecule has 0 radical (unpaired) electrons. The fraction of sp³-hybridized carbons (Fsp3) is 0.929. The van der Waals surface area contributed by atoms with Crippen molar-refractivity contribution in [2.24, 2.45) is 5.92 Å². The molecular weight excluding hydrogens is 182 g/mol. The highest BCUT2D eigenvalue weighted by Crippen LogP contribution is 2.17. The summed E-state index contributed by atoms with van der Waals surface area (Å²) in [6, 6.07) is 2.45. The van der Waals surface area contributed by atoms with Crippen LogP contribution in [0.25, 0.3) is 0 Å². The molecule has 0 aromatic rings. The molecule has 0 aromatic carbocycles. The Morgan fingerprint density at radius 3 is 1.80 bits per heavy atom. The van der Waals surface area contributed by atoms with Crippen molar-refractivity contribution < 1.29 is 0 Å². The van der Waals surface area contributed by atoms with Crippen LogP contribution in [0.4, 0.5) is 0 Å². The van der Waals surface area contributed by atoms with E-state index in [0.717, 1.165) is 12.8 Å². The first kappa shape index (κ1) is 14.5. The minimum atomic E-state index is 0.332. The number of nitrogens with zero attached hydrogens (tertiary/aromatic N) is 1. The summed E-state index contributed by atoms with van der Waals surface area (Å²) in [6.45, 7) is 4.45. The van der Waals surface area contributed by atoms with Gasteiger partial charge in [0.05, 0.1) is 6.07 Å². The van der Waals surface area contributed by atoms with E-state index in [1.54, 1.807) is 0 Å². The lowest BCUT2D eigenvalue weighted by Crippen LogP contribution is -1.97. The van der Waals surface area contributed by atoms with Crippen molar-refractivity contribution in [3.63, 3.8) is 0 Å². The lowest BCUT2D eigenvalue weighted by atomic mass is 9.96. The predicted molar refractivity (Wildman–Crippen MR) is 66.6 cm³/mol. The third-order valence-corrected chi connectivity index (χ3v) is 2.99. The summed E-state index contributed by atoms with van der Waals surface area (Å²) in [7, 11) is 0. The van der Waals surface area contributed by atoms with Gasteiger partial charge in [-0.15, -0.1) is 0 Å². The van der Waals surface area contributed by atoms with Crippen LogP contribution in [-0.4, -0.2) is 0 Å². The smallest absolute Gasteiger partial charge is 0.0655 e. The normalized spacial score (nSPS) is 12.3. The summed E-state index contributed by atoms with van der Waals surface area (Å²) >= 11 is 0. The van der Waals surface area contributed by atoms with Crippen molar-refractivity contribution in [2.75, 3.05) is 0 Å². The van der Waals surface area contributed by atoms with Crippen LogP contribution in [0.5, 0.6) is 0 Å². The van der Waals surface area contributed by atoms with E-state index in [0.29, 0.717) is 5.92 Å². The largest absolute Gasteiger partial charge is 0.198 e. The standard InChI is InChI=1S/C14H27N/c1-3-5-7-8-10-12-14(13-15)11-9-6-4-2/h14H,3-12H2,1-2H3. The molecule has 0 amide bonds.